The zero-order chi connectivity index (χ0) is 34.7. The first-order valence-electron chi connectivity index (χ1n) is 16.4. The Bertz CT molecular complexity index is 2210. The van der Waals surface area contributed by atoms with E-state index in [1.54, 1.807) is 34.2 Å². The average Bonchev–Trinajstić information content (AvgIpc) is 3.76. The molecule has 2 amide bonds. The van der Waals surface area contributed by atoms with E-state index < -0.39 is 6.04 Å². The lowest BCUT2D eigenvalue weighted by Crippen LogP contribution is -2.54. The van der Waals surface area contributed by atoms with Crippen molar-refractivity contribution in [1.82, 2.24) is 39.4 Å². The van der Waals surface area contributed by atoms with Crippen molar-refractivity contribution in [2.75, 3.05) is 11.9 Å². The molecule has 50 heavy (non-hydrogen) atoms. The Hall–Kier alpha value is -5.08. The summed E-state index contributed by atoms with van der Waals surface area (Å²) in [6.07, 6.45) is 9.27. The number of hydrogen-bond acceptors (Lipinski definition) is 9. The van der Waals surface area contributed by atoms with Gasteiger partial charge in [0.15, 0.2) is 5.78 Å². The van der Waals surface area contributed by atoms with Crippen LogP contribution in [0.15, 0.2) is 66.3 Å². The third-order valence-corrected chi connectivity index (χ3v) is 10.6. The van der Waals surface area contributed by atoms with Gasteiger partial charge in [0.05, 0.1) is 24.9 Å². The van der Waals surface area contributed by atoms with Crippen LogP contribution in [0.3, 0.4) is 0 Å². The number of nitrogens with zero attached hydrogens (tertiary/aromatic N) is 8. The van der Waals surface area contributed by atoms with Crippen molar-refractivity contribution in [3.05, 3.63) is 88.9 Å². The minimum atomic E-state index is -0.762. The molecule has 1 saturated carbocycles. The van der Waals surface area contributed by atoms with Gasteiger partial charge in [0.25, 0.3) is 0 Å². The highest BCUT2D eigenvalue weighted by Crippen LogP contribution is 2.55. The summed E-state index contributed by atoms with van der Waals surface area (Å²) in [7, 11) is 0. The molecule has 1 aliphatic carbocycles. The van der Waals surface area contributed by atoms with Crippen molar-refractivity contribution in [1.29, 1.82) is 0 Å². The first-order valence-corrected chi connectivity index (χ1v) is 17.2. The summed E-state index contributed by atoms with van der Waals surface area (Å²) in [6.45, 7) is 8.37. The highest BCUT2D eigenvalue weighted by Gasteiger charge is 2.61. The molecule has 1 spiro atoms. The molecule has 0 radical (unpaired) electrons. The van der Waals surface area contributed by atoms with E-state index in [9.17, 15) is 14.4 Å². The number of benzene rings is 1. The molecule has 2 fully saturated rings. The molecule has 1 saturated heterocycles. The van der Waals surface area contributed by atoms with Crippen LogP contribution in [-0.2, 0) is 34.0 Å². The standard InChI is InChI=1S/C36H34BrN9O4/c1-20-17-50-18-24-5-7-31(37)41-34(24)42-35(49)29-11-36(19-44-15-26(20)14-40-44)9-8-30(36)46(29)32(48)16-45-28-6-4-23(25-12-38-22(3)39-13-25)10-27(28)33(43-45)21(2)47/h4-7,10,12-15,29-30H,1,8-9,11,16-19H2,2-3H3,(H,41,42,49)/t29-,30+,36+/m0/s1. The fourth-order valence-corrected chi connectivity index (χ4v) is 7.88. The molecule has 1 N–H and O–H groups in total. The van der Waals surface area contributed by atoms with Gasteiger partial charge in [-0.1, -0.05) is 18.7 Å². The van der Waals surface area contributed by atoms with Gasteiger partial charge in [-0.25, -0.2) is 15.0 Å². The molecule has 5 aromatic rings. The molecule has 4 aromatic heterocycles. The van der Waals surface area contributed by atoms with E-state index in [0.717, 1.165) is 35.1 Å². The minimum Gasteiger partial charge on any atom is -0.372 e. The normalized spacial score (nSPS) is 21.9. The number of anilines is 1. The van der Waals surface area contributed by atoms with Crippen molar-refractivity contribution in [3.8, 4) is 11.1 Å². The zero-order valence-electron chi connectivity index (χ0n) is 27.6. The first-order chi connectivity index (χ1) is 24.1. The lowest BCUT2D eigenvalue weighted by Gasteiger charge is -2.47. The SMILES string of the molecule is C=C1COCc2ccc(Br)nc2NC(=O)[C@@H]2C[C@]3(CC[C@H]3N2C(=O)Cn2nc(C(C)=O)c3cc(-c4cnc(C)nc4)ccc32)Cn2cc1cn2. The molecule has 8 rings (SSSR count). The summed E-state index contributed by atoms with van der Waals surface area (Å²) in [4.78, 5) is 56.4. The fourth-order valence-electron chi connectivity index (χ4n) is 7.57. The highest BCUT2D eigenvalue weighted by atomic mass is 79.9. The minimum absolute atomic E-state index is 0.146. The zero-order valence-corrected chi connectivity index (χ0v) is 29.2. The number of pyridine rings is 1. The van der Waals surface area contributed by atoms with Crippen LogP contribution in [0.1, 0.15) is 53.6 Å². The molecule has 1 aromatic carbocycles. The number of amides is 2. The molecule has 14 heteroatoms. The number of ether oxygens (including phenoxy) is 1. The van der Waals surface area contributed by atoms with Crippen LogP contribution in [0.25, 0.3) is 27.6 Å². The van der Waals surface area contributed by atoms with Crippen LogP contribution in [-0.4, -0.2) is 75.7 Å². The predicted molar refractivity (Wildman–Crippen MR) is 188 cm³/mol. The number of halogens is 1. The van der Waals surface area contributed by atoms with Gasteiger partial charge in [0.1, 0.15) is 34.5 Å². The molecule has 0 unspecified atom stereocenters. The molecular formula is C36H34BrN9O4. The van der Waals surface area contributed by atoms with E-state index in [1.165, 1.54) is 6.92 Å². The second-order valence-corrected chi connectivity index (χ2v) is 14.2. The molecule has 254 valence electrons. The first kappa shape index (κ1) is 32.1. The number of aromatic nitrogens is 7. The molecule has 3 atom stereocenters. The Balaban J connectivity index is 1.16. The van der Waals surface area contributed by atoms with Gasteiger partial charge in [-0.3, -0.25) is 23.7 Å². The Kier molecular flexibility index (Phi) is 7.94. The van der Waals surface area contributed by atoms with Gasteiger partial charge < -0.3 is 15.0 Å². The Morgan fingerprint density at radius 1 is 1.10 bits per heavy atom. The van der Waals surface area contributed by atoms with E-state index in [4.69, 9.17) is 4.74 Å². The number of nitrogens with one attached hydrogen (secondary N) is 1. The number of ketones is 1. The maximum atomic E-state index is 14.5. The van der Waals surface area contributed by atoms with E-state index >= 15 is 0 Å². The van der Waals surface area contributed by atoms with Crippen molar-refractivity contribution in [2.45, 2.75) is 64.9 Å². The number of rotatable bonds is 4. The Morgan fingerprint density at radius 2 is 1.92 bits per heavy atom. The van der Waals surface area contributed by atoms with Crippen molar-refractivity contribution in [3.63, 3.8) is 0 Å². The molecule has 2 aliphatic heterocycles. The average molecular weight is 737 g/mol. The summed E-state index contributed by atoms with van der Waals surface area (Å²) < 4.78 is 9.99. The Labute approximate surface area is 295 Å². The van der Waals surface area contributed by atoms with E-state index in [0.29, 0.717) is 52.3 Å². The van der Waals surface area contributed by atoms with E-state index in [1.807, 2.05) is 42.1 Å². The quantitative estimate of drug-likeness (QED) is 0.199. The number of hydrogen-bond donors (Lipinski definition) is 1. The Morgan fingerprint density at radius 3 is 2.68 bits per heavy atom. The van der Waals surface area contributed by atoms with Crippen molar-refractivity contribution >= 4 is 55.8 Å². The number of fused-ring (bicyclic) bond motifs is 5. The smallest absolute Gasteiger partial charge is 0.248 e. The lowest BCUT2D eigenvalue weighted by atomic mass is 9.64. The van der Waals surface area contributed by atoms with E-state index in [2.05, 4.69) is 53.0 Å². The molecule has 6 heterocycles. The van der Waals surface area contributed by atoms with Crippen LogP contribution >= 0.6 is 15.9 Å². The molecule has 13 nitrogen and oxygen atoms in total. The largest absolute Gasteiger partial charge is 0.372 e. The predicted octanol–water partition coefficient (Wildman–Crippen LogP) is 4.99. The maximum absolute atomic E-state index is 14.5. The van der Waals surface area contributed by atoms with Gasteiger partial charge in [0.2, 0.25) is 11.8 Å². The molecule has 4 bridgehead atoms. The number of likely N-dealkylation sites (tertiary alicyclic amines) is 1. The topological polar surface area (TPSA) is 150 Å². The maximum Gasteiger partial charge on any atom is 0.248 e. The van der Waals surface area contributed by atoms with Crippen LogP contribution in [0.2, 0.25) is 0 Å². The highest BCUT2D eigenvalue weighted by molar-refractivity contribution is 9.10. The van der Waals surface area contributed by atoms with Gasteiger partial charge in [-0.15, -0.1) is 0 Å². The van der Waals surface area contributed by atoms with Crippen LogP contribution in [0, 0.1) is 12.3 Å². The lowest BCUT2D eigenvalue weighted by molar-refractivity contribution is -0.142. The van der Waals surface area contributed by atoms with E-state index in [-0.39, 0.29) is 47.9 Å². The van der Waals surface area contributed by atoms with Crippen molar-refractivity contribution < 1.29 is 19.1 Å². The van der Waals surface area contributed by atoms with Crippen molar-refractivity contribution in [2.24, 2.45) is 5.41 Å². The summed E-state index contributed by atoms with van der Waals surface area (Å²) in [6, 6.07) is 8.33. The van der Waals surface area contributed by atoms with Gasteiger partial charge in [-0.2, -0.15) is 10.2 Å². The fraction of sp³-hybridized carbons (Fsp3) is 0.333. The van der Waals surface area contributed by atoms with Crippen LogP contribution in [0.4, 0.5) is 5.82 Å². The van der Waals surface area contributed by atoms with Crippen LogP contribution in [0.5, 0.6) is 0 Å². The van der Waals surface area contributed by atoms with Gasteiger partial charge in [0, 0.05) is 65.6 Å². The summed E-state index contributed by atoms with van der Waals surface area (Å²) >= 11 is 3.43. The molecule has 3 aliphatic rings. The second kappa shape index (κ2) is 12.4. The monoisotopic (exact) mass is 735 g/mol. The van der Waals surface area contributed by atoms with Gasteiger partial charge in [-0.05, 0) is 71.5 Å². The van der Waals surface area contributed by atoms with Crippen LogP contribution < -0.4 is 5.32 Å². The number of Topliss-reactive ketones (excluding diaryl/α,β-unsaturated/α-hetero) is 1. The third kappa shape index (κ3) is 5.61. The number of carbonyl (C=O) groups is 3. The summed E-state index contributed by atoms with van der Waals surface area (Å²) in [5.74, 6) is 0.237. The summed E-state index contributed by atoms with van der Waals surface area (Å²) in [5, 5.41) is 12.9. The second-order valence-electron chi connectivity index (χ2n) is 13.4. The molecular weight excluding hydrogens is 702 g/mol. The number of carbonyl (C=O) groups excluding carboxylic acids is 3. The summed E-state index contributed by atoms with van der Waals surface area (Å²) in [5.41, 5.74) is 4.56. The number of aryl methyl sites for hydroxylation is 1. The van der Waals surface area contributed by atoms with Gasteiger partial charge >= 0.3 is 0 Å². The third-order valence-electron chi connectivity index (χ3n) is 10.2.